The molecule has 4 rings (SSSR count). The Bertz CT molecular complexity index is 818. The van der Waals surface area contributed by atoms with Gasteiger partial charge in [0.25, 0.3) is 0 Å². The molecule has 1 heterocycles. The van der Waals surface area contributed by atoms with Crippen LogP contribution < -0.4 is 0 Å². The van der Waals surface area contributed by atoms with Crippen molar-refractivity contribution in [2.24, 2.45) is 0 Å². The fourth-order valence-corrected chi connectivity index (χ4v) is 5.12. The molecule has 156 valence electrons. The smallest absolute Gasteiger partial charge is 0.395 e. The first-order valence-corrected chi connectivity index (χ1v) is 10.3. The normalized spacial score (nSPS) is 26.3. The zero-order valence-electron chi connectivity index (χ0n) is 16.4. The number of alkyl halides is 3. The largest absolute Gasteiger partial charge is 0.402 e. The fourth-order valence-electron chi connectivity index (χ4n) is 5.12. The second-order valence-corrected chi connectivity index (χ2v) is 8.01. The number of β-amino-alcohol motifs (C(OH)–C–C–N with tert-alkyl or cyclic N) is 1. The summed E-state index contributed by atoms with van der Waals surface area (Å²) in [5.41, 5.74) is -0.436. The monoisotopic (exact) mass is 404 g/mol. The average Bonchev–Trinajstić information content (AvgIpc) is 2.74. The highest BCUT2D eigenvalue weighted by Gasteiger charge is 2.59. The zero-order valence-corrected chi connectivity index (χ0v) is 16.4. The third-order valence-corrected chi connectivity index (χ3v) is 6.59. The van der Waals surface area contributed by atoms with Gasteiger partial charge in [-0.05, 0) is 29.5 Å². The summed E-state index contributed by atoms with van der Waals surface area (Å²) in [6, 6.07) is 15.5. The first-order valence-electron chi connectivity index (χ1n) is 10.3. The maximum atomic E-state index is 14.6. The van der Waals surface area contributed by atoms with Crippen LogP contribution in [0.5, 0.6) is 0 Å². The lowest BCUT2D eigenvalue weighted by Gasteiger charge is -2.47. The highest BCUT2D eigenvalue weighted by atomic mass is 19.4. The van der Waals surface area contributed by atoms with Gasteiger partial charge in [-0.25, -0.2) is 0 Å². The van der Waals surface area contributed by atoms with E-state index < -0.39 is 11.6 Å². The van der Waals surface area contributed by atoms with Crippen LogP contribution in [0.25, 0.3) is 0 Å². The van der Waals surface area contributed by atoms with Crippen molar-refractivity contribution in [3.63, 3.8) is 0 Å². The zero-order chi connectivity index (χ0) is 20.5. The van der Waals surface area contributed by atoms with E-state index in [2.05, 4.69) is 9.80 Å². The van der Waals surface area contributed by atoms with Crippen LogP contribution in [-0.4, -0.2) is 60.4 Å². The Hall–Kier alpha value is -1.89. The quantitative estimate of drug-likeness (QED) is 0.835. The lowest BCUT2D eigenvalue weighted by Crippen LogP contribution is -2.52. The molecule has 2 aromatic rings. The maximum Gasteiger partial charge on any atom is 0.402 e. The summed E-state index contributed by atoms with van der Waals surface area (Å²) in [6.07, 6.45) is -3.83. The number of piperazine rings is 1. The van der Waals surface area contributed by atoms with Crippen LogP contribution in [0.3, 0.4) is 0 Å². The van der Waals surface area contributed by atoms with Gasteiger partial charge in [-0.15, -0.1) is 0 Å². The minimum absolute atomic E-state index is 0.00154. The van der Waals surface area contributed by atoms with Gasteiger partial charge >= 0.3 is 6.18 Å². The molecule has 3 nitrogen and oxygen atoms in total. The second kappa shape index (κ2) is 8.09. The molecule has 0 amide bonds. The van der Waals surface area contributed by atoms with Gasteiger partial charge in [-0.2, -0.15) is 13.2 Å². The van der Waals surface area contributed by atoms with Crippen molar-refractivity contribution < 1.29 is 18.3 Å². The summed E-state index contributed by atoms with van der Waals surface area (Å²) in [5, 5.41) is 9.14. The number of nitrogens with zero attached hydrogens (tertiary/aromatic N) is 2. The Labute approximate surface area is 169 Å². The number of hydrogen-bond acceptors (Lipinski definition) is 3. The van der Waals surface area contributed by atoms with E-state index in [1.54, 1.807) is 42.5 Å². The standard InChI is InChI=1S/C23H27F3N2O/c24-23(25,26)22(18-6-2-1-3-7-18)11-10-21(19-8-4-5-9-20(19)22)28-14-12-27(13-15-28)16-17-29/h1-9,21,29H,10-17H2/t21-,22+/m0/s1. The number of fused-ring (bicyclic) bond motifs is 1. The SMILES string of the molecule is OCCN1CCN([C@H]2CC[C@](c3ccccc3)(C(F)(F)F)c3ccccc32)CC1. The molecule has 1 saturated heterocycles. The van der Waals surface area contributed by atoms with Crippen molar-refractivity contribution in [1.29, 1.82) is 0 Å². The van der Waals surface area contributed by atoms with Gasteiger partial charge in [0.05, 0.1) is 6.61 Å². The number of aliphatic hydroxyl groups excluding tert-OH is 1. The van der Waals surface area contributed by atoms with Crippen LogP contribution in [0, 0.1) is 0 Å². The average molecular weight is 404 g/mol. The molecule has 0 spiro atoms. The molecular formula is C23H27F3N2O. The minimum atomic E-state index is -4.37. The predicted octanol–water partition coefficient (Wildman–Crippen LogP) is 3.98. The van der Waals surface area contributed by atoms with Gasteiger partial charge in [-0.3, -0.25) is 9.80 Å². The molecule has 29 heavy (non-hydrogen) atoms. The van der Waals surface area contributed by atoms with Crippen LogP contribution in [-0.2, 0) is 5.41 Å². The number of hydrogen-bond donors (Lipinski definition) is 1. The van der Waals surface area contributed by atoms with Crippen molar-refractivity contribution in [1.82, 2.24) is 9.80 Å². The topological polar surface area (TPSA) is 26.7 Å². The van der Waals surface area contributed by atoms with Crippen molar-refractivity contribution in [3.05, 3.63) is 71.3 Å². The van der Waals surface area contributed by atoms with Gasteiger partial charge < -0.3 is 5.11 Å². The molecule has 0 aromatic heterocycles. The van der Waals surface area contributed by atoms with E-state index in [-0.39, 0.29) is 19.1 Å². The Morgan fingerprint density at radius 1 is 0.931 bits per heavy atom. The Kier molecular flexibility index (Phi) is 5.69. The summed E-state index contributed by atoms with van der Waals surface area (Å²) in [5.74, 6) is 0. The van der Waals surface area contributed by atoms with Crippen molar-refractivity contribution >= 4 is 0 Å². The van der Waals surface area contributed by atoms with Gasteiger partial charge in [0.15, 0.2) is 0 Å². The van der Waals surface area contributed by atoms with E-state index in [0.29, 0.717) is 24.1 Å². The molecule has 0 unspecified atom stereocenters. The molecule has 1 fully saturated rings. The van der Waals surface area contributed by atoms with Crippen molar-refractivity contribution in [3.8, 4) is 0 Å². The number of benzene rings is 2. The van der Waals surface area contributed by atoms with Crippen molar-refractivity contribution in [2.45, 2.75) is 30.5 Å². The van der Waals surface area contributed by atoms with Gasteiger partial charge in [0, 0.05) is 38.8 Å². The van der Waals surface area contributed by atoms with E-state index in [4.69, 9.17) is 5.11 Å². The number of aliphatic hydroxyl groups is 1. The van der Waals surface area contributed by atoms with Crippen LogP contribution >= 0.6 is 0 Å². The lowest BCUT2D eigenvalue weighted by atomic mass is 9.64. The predicted molar refractivity (Wildman–Crippen MR) is 107 cm³/mol. The Morgan fingerprint density at radius 3 is 2.24 bits per heavy atom. The third-order valence-electron chi connectivity index (χ3n) is 6.59. The van der Waals surface area contributed by atoms with Crippen molar-refractivity contribution in [2.75, 3.05) is 39.3 Å². The molecule has 2 aromatic carbocycles. The molecule has 1 N–H and O–H groups in total. The van der Waals surface area contributed by atoms with Crippen LogP contribution in [0.1, 0.15) is 35.6 Å². The molecule has 0 saturated carbocycles. The highest BCUT2D eigenvalue weighted by Crippen LogP contribution is 2.55. The third kappa shape index (κ3) is 3.58. The fraction of sp³-hybridized carbons (Fsp3) is 0.478. The maximum absolute atomic E-state index is 14.6. The Balaban J connectivity index is 1.72. The summed E-state index contributed by atoms with van der Waals surface area (Å²) < 4.78 is 43.9. The summed E-state index contributed by atoms with van der Waals surface area (Å²) in [4.78, 5) is 4.52. The molecule has 1 aliphatic heterocycles. The van der Waals surface area contributed by atoms with E-state index in [1.807, 2.05) is 12.1 Å². The van der Waals surface area contributed by atoms with Crippen LogP contribution in [0.15, 0.2) is 54.6 Å². The highest BCUT2D eigenvalue weighted by molar-refractivity contribution is 5.49. The minimum Gasteiger partial charge on any atom is -0.395 e. The summed E-state index contributed by atoms with van der Waals surface area (Å²) in [7, 11) is 0. The molecule has 1 aliphatic carbocycles. The van der Waals surface area contributed by atoms with E-state index in [0.717, 1.165) is 31.7 Å². The van der Waals surface area contributed by atoms with Crippen LogP contribution in [0.2, 0.25) is 0 Å². The molecular weight excluding hydrogens is 377 g/mol. The van der Waals surface area contributed by atoms with Crippen LogP contribution in [0.4, 0.5) is 13.2 Å². The van der Waals surface area contributed by atoms with E-state index >= 15 is 0 Å². The van der Waals surface area contributed by atoms with E-state index in [1.165, 1.54) is 0 Å². The summed E-state index contributed by atoms with van der Waals surface area (Å²) >= 11 is 0. The first-order chi connectivity index (χ1) is 14.0. The van der Waals surface area contributed by atoms with Gasteiger partial charge in [0.2, 0.25) is 0 Å². The number of halogens is 3. The second-order valence-electron chi connectivity index (χ2n) is 8.01. The molecule has 0 bridgehead atoms. The van der Waals surface area contributed by atoms with Gasteiger partial charge in [-0.1, -0.05) is 54.6 Å². The first kappa shape index (κ1) is 20.4. The molecule has 2 aliphatic rings. The van der Waals surface area contributed by atoms with Gasteiger partial charge in [0.1, 0.15) is 5.41 Å². The number of rotatable bonds is 4. The lowest BCUT2D eigenvalue weighted by molar-refractivity contribution is -0.183. The molecule has 6 heteroatoms. The van der Waals surface area contributed by atoms with E-state index in [9.17, 15) is 13.2 Å². The molecule has 0 radical (unpaired) electrons. The molecule has 2 atom stereocenters. The summed E-state index contributed by atoms with van der Waals surface area (Å²) in [6.45, 7) is 4.08. The Morgan fingerprint density at radius 2 is 1.59 bits per heavy atom.